The second-order valence-corrected chi connectivity index (χ2v) is 4.90. The number of methoxy groups -OCH3 is 1. The van der Waals surface area contributed by atoms with E-state index in [1.165, 1.54) is 12.8 Å². The molecule has 0 aromatic rings. The van der Waals surface area contributed by atoms with Crippen LogP contribution < -0.4 is 5.32 Å². The first-order valence-electron chi connectivity index (χ1n) is 6.68. The molecule has 1 saturated heterocycles. The Bertz CT molecular complexity index is 182. The molecule has 1 fully saturated rings. The molecular weight excluding hydrogens is 218 g/mol. The molecule has 0 saturated carbocycles. The Kier molecular flexibility index (Phi) is 7.77. The third-order valence-electron chi connectivity index (χ3n) is 3.01. The molecule has 17 heavy (non-hydrogen) atoms. The molecule has 4 heteroatoms. The average molecular weight is 245 g/mol. The molecule has 2 unspecified atom stereocenters. The van der Waals surface area contributed by atoms with Gasteiger partial charge in [-0.15, -0.1) is 0 Å². The van der Waals surface area contributed by atoms with Crippen LogP contribution in [-0.4, -0.2) is 51.7 Å². The van der Waals surface area contributed by atoms with Crippen LogP contribution in [0.3, 0.4) is 0 Å². The van der Waals surface area contributed by atoms with Gasteiger partial charge in [0, 0.05) is 19.8 Å². The van der Waals surface area contributed by atoms with Crippen LogP contribution in [0.1, 0.15) is 33.1 Å². The van der Waals surface area contributed by atoms with Gasteiger partial charge in [-0.2, -0.15) is 0 Å². The molecular formula is C13H27NO3. The Morgan fingerprint density at radius 1 is 1.35 bits per heavy atom. The highest BCUT2D eigenvalue weighted by molar-refractivity contribution is 4.73. The third kappa shape index (κ3) is 6.99. The van der Waals surface area contributed by atoms with Crippen molar-refractivity contribution in [1.29, 1.82) is 0 Å². The highest BCUT2D eigenvalue weighted by Gasteiger charge is 2.14. The van der Waals surface area contributed by atoms with E-state index in [0.29, 0.717) is 12.6 Å². The first kappa shape index (κ1) is 14.9. The first-order chi connectivity index (χ1) is 8.22. The quantitative estimate of drug-likeness (QED) is 0.626. The van der Waals surface area contributed by atoms with Gasteiger partial charge < -0.3 is 19.5 Å². The van der Waals surface area contributed by atoms with Crippen molar-refractivity contribution in [3.63, 3.8) is 0 Å². The second-order valence-electron chi connectivity index (χ2n) is 4.90. The van der Waals surface area contributed by atoms with Crippen LogP contribution in [0.2, 0.25) is 0 Å². The van der Waals surface area contributed by atoms with Crippen molar-refractivity contribution in [3.05, 3.63) is 0 Å². The van der Waals surface area contributed by atoms with Crippen molar-refractivity contribution < 1.29 is 14.2 Å². The average Bonchev–Trinajstić information content (AvgIpc) is 2.81. The van der Waals surface area contributed by atoms with Gasteiger partial charge in [0.05, 0.1) is 25.4 Å². The summed E-state index contributed by atoms with van der Waals surface area (Å²) < 4.78 is 16.5. The zero-order valence-electron chi connectivity index (χ0n) is 11.4. The van der Waals surface area contributed by atoms with Crippen LogP contribution in [0.25, 0.3) is 0 Å². The molecule has 0 aromatic heterocycles. The predicted octanol–water partition coefficient (Wildman–Crippen LogP) is 1.59. The molecule has 2 atom stereocenters. The van der Waals surface area contributed by atoms with E-state index < -0.39 is 0 Å². The summed E-state index contributed by atoms with van der Waals surface area (Å²) in [6.07, 6.45) is 3.82. The summed E-state index contributed by atoms with van der Waals surface area (Å²) in [7, 11) is 1.73. The van der Waals surface area contributed by atoms with Crippen LogP contribution in [0.15, 0.2) is 0 Å². The van der Waals surface area contributed by atoms with Gasteiger partial charge in [-0.3, -0.25) is 0 Å². The van der Waals surface area contributed by atoms with E-state index in [-0.39, 0.29) is 12.2 Å². The number of hydrogen-bond acceptors (Lipinski definition) is 4. The summed E-state index contributed by atoms with van der Waals surface area (Å²) in [5.41, 5.74) is 0. The van der Waals surface area contributed by atoms with E-state index in [0.717, 1.165) is 26.2 Å². The van der Waals surface area contributed by atoms with E-state index in [1.807, 2.05) is 13.8 Å². The second kappa shape index (κ2) is 8.86. The van der Waals surface area contributed by atoms with Gasteiger partial charge >= 0.3 is 0 Å². The van der Waals surface area contributed by atoms with Crippen molar-refractivity contribution >= 4 is 0 Å². The Hall–Kier alpha value is -0.160. The molecule has 0 radical (unpaired) electrons. The predicted molar refractivity (Wildman–Crippen MR) is 68.3 cm³/mol. The fourth-order valence-corrected chi connectivity index (χ4v) is 1.91. The van der Waals surface area contributed by atoms with Crippen LogP contribution >= 0.6 is 0 Å². The Morgan fingerprint density at radius 2 is 2.18 bits per heavy atom. The van der Waals surface area contributed by atoms with Crippen molar-refractivity contribution in [2.75, 3.05) is 33.5 Å². The normalized spacial score (nSPS) is 22.2. The summed E-state index contributed by atoms with van der Waals surface area (Å²) in [5, 5.41) is 3.42. The molecule has 1 aliphatic heterocycles. The lowest BCUT2D eigenvalue weighted by molar-refractivity contribution is -0.0307. The van der Waals surface area contributed by atoms with Gasteiger partial charge in [-0.1, -0.05) is 0 Å². The van der Waals surface area contributed by atoms with Crippen LogP contribution in [0.5, 0.6) is 0 Å². The van der Waals surface area contributed by atoms with Gasteiger partial charge in [0.2, 0.25) is 0 Å². The molecule has 0 spiro atoms. The summed E-state index contributed by atoms with van der Waals surface area (Å²) >= 11 is 0. The minimum absolute atomic E-state index is 0.147. The van der Waals surface area contributed by atoms with E-state index in [2.05, 4.69) is 5.32 Å². The number of nitrogens with one attached hydrogen (secondary N) is 1. The van der Waals surface area contributed by atoms with Crippen molar-refractivity contribution in [2.24, 2.45) is 0 Å². The van der Waals surface area contributed by atoms with Crippen LogP contribution in [0, 0.1) is 0 Å². The topological polar surface area (TPSA) is 39.7 Å². The minimum Gasteiger partial charge on any atom is -0.380 e. The van der Waals surface area contributed by atoms with Crippen LogP contribution in [0.4, 0.5) is 0 Å². The smallest absolute Gasteiger partial charge is 0.0826 e. The molecule has 0 aromatic carbocycles. The fraction of sp³-hybridized carbons (Fsp3) is 1.00. The van der Waals surface area contributed by atoms with Gasteiger partial charge in [0.1, 0.15) is 0 Å². The molecule has 1 heterocycles. The molecule has 102 valence electrons. The summed E-state index contributed by atoms with van der Waals surface area (Å²) in [6.45, 7) is 7.43. The van der Waals surface area contributed by atoms with E-state index >= 15 is 0 Å². The first-order valence-corrected chi connectivity index (χ1v) is 6.68. The van der Waals surface area contributed by atoms with E-state index in [9.17, 15) is 0 Å². The highest BCUT2D eigenvalue weighted by atomic mass is 16.5. The number of ether oxygens (including phenoxy) is 3. The Balaban J connectivity index is 1.98. The molecule has 1 N–H and O–H groups in total. The lowest BCUT2D eigenvalue weighted by Crippen LogP contribution is -2.28. The van der Waals surface area contributed by atoms with E-state index in [4.69, 9.17) is 14.2 Å². The third-order valence-corrected chi connectivity index (χ3v) is 3.01. The zero-order valence-corrected chi connectivity index (χ0v) is 11.4. The molecule has 1 aliphatic rings. The standard InChI is InChI=1S/C13H27NO3/c1-11(2)17-10-13(15-3)6-8-16-9-12-5-4-7-14-12/h11-14H,4-10H2,1-3H3. The number of rotatable bonds is 9. The summed E-state index contributed by atoms with van der Waals surface area (Å²) in [5.74, 6) is 0. The lowest BCUT2D eigenvalue weighted by atomic mass is 10.2. The summed E-state index contributed by atoms with van der Waals surface area (Å²) in [4.78, 5) is 0. The van der Waals surface area contributed by atoms with Crippen molar-refractivity contribution in [3.8, 4) is 0 Å². The highest BCUT2D eigenvalue weighted by Crippen LogP contribution is 2.06. The van der Waals surface area contributed by atoms with E-state index in [1.54, 1.807) is 7.11 Å². The molecule has 4 nitrogen and oxygen atoms in total. The SMILES string of the molecule is COC(CCOCC1CCCN1)COC(C)C. The van der Waals surface area contributed by atoms with Crippen molar-refractivity contribution in [2.45, 2.75) is 51.4 Å². The molecule has 0 amide bonds. The lowest BCUT2D eigenvalue weighted by Gasteiger charge is -2.18. The van der Waals surface area contributed by atoms with Gasteiger partial charge in [0.25, 0.3) is 0 Å². The number of hydrogen-bond donors (Lipinski definition) is 1. The molecule has 0 bridgehead atoms. The van der Waals surface area contributed by atoms with Crippen LogP contribution in [-0.2, 0) is 14.2 Å². The minimum atomic E-state index is 0.147. The monoisotopic (exact) mass is 245 g/mol. The maximum atomic E-state index is 5.66. The maximum absolute atomic E-state index is 5.66. The Labute approximate surface area is 105 Å². The maximum Gasteiger partial charge on any atom is 0.0826 e. The van der Waals surface area contributed by atoms with Crippen molar-refractivity contribution in [1.82, 2.24) is 5.32 Å². The van der Waals surface area contributed by atoms with Gasteiger partial charge in [-0.25, -0.2) is 0 Å². The fourth-order valence-electron chi connectivity index (χ4n) is 1.91. The molecule has 0 aliphatic carbocycles. The molecule has 1 rings (SSSR count). The summed E-state index contributed by atoms with van der Waals surface area (Å²) in [6, 6.07) is 0.558. The van der Waals surface area contributed by atoms with Gasteiger partial charge in [-0.05, 0) is 39.7 Å². The largest absolute Gasteiger partial charge is 0.380 e. The Morgan fingerprint density at radius 3 is 2.76 bits per heavy atom. The van der Waals surface area contributed by atoms with Gasteiger partial charge in [0.15, 0.2) is 0 Å². The zero-order chi connectivity index (χ0) is 12.5.